The normalized spacial score (nSPS) is 20.5. The van der Waals surface area contributed by atoms with Gasteiger partial charge in [-0.15, -0.1) is 0 Å². The van der Waals surface area contributed by atoms with E-state index in [1.807, 2.05) is 27.7 Å². The summed E-state index contributed by atoms with van der Waals surface area (Å²) in [5, 5.41) is 0. The standard InChI is InChI=1S/C7H17N2.2C2H6/c1-8-4-6-9(2,3)7-5-8;2*1-2/h4-7H2,1-3H3;2*1-2H3/q+1;;. The molecule has 2 heteroatoms. The molecule has 0 amide bonds. The van der Waals surface area contributed by atoms with Crippen molar-refractivity contribution in [3.63, 3.8) is 0 Å². The van der Waals surface area contributed by atoms with E-state index in [0.717, 1.165) is 0 Å². The zero-order chi connectivity index (χ0) is 10.9. The summed E-state index contributed by atoms with van der Waals surface area (Å²) in [6.45, 7) is 13.1. The van der Waals surface area contributed by atoms with Crippen LogP contribution < -0.4 is 0 Å². The SMILES string of the molecule is CC.CC.CN1CC[N+](C)(C)CC1. The second kappa shape index (κ2) is 8.52. The first-order valence-corrected chi connectivity index (χ1v) is 5.61. The lowest BCUT2D eigenvalue weighted by molar-refractivity contribution is -0.894. The van der Waals surface area contributed by atoms with E-state index in [0.29, 0.717) is 0 Å². The van der Waals surface area contributed by atoms with Gasteiger partial charge < -0.3 is 4.48 Å². The topological polar surface area (TPSA) is 3.24 Å². The summed E-state index contributed by atoms with van der Waals surface area (Å²) in [5.41, 5.74) is 0. The summed E-state index contributed by atoms with van der Waals surface area (Å²) < 4.78 is 1.20. The van der Waals surface area contributed by atoms with E-state index in [9.17, 15) is 0 Å². The number of quaternary nitrogens is 1. The van der Waals surface area contributed by atoms with Gasteiger partial charge in [-0.05, 0) is 7.05 Å². The van der Waals surface area contributed by atoms with Crippen molar-refractivity contribution in [3.8, 4) is 0 Å². The molecule has 2 nitrogen and oxygen atoms in total. The van der Waals surface area contributed by atoms with Crippen LogP contribution in [0.25, 0.3) is 0 Å². The average Bonchev–Trinajstić information content (AvgIpc) is 2.17. The summed E-state index contributed by atoms with van der Waals surface area (Å²) >= 11 is 0. The van der Waals surface area contributed by atoms with E-state index in [1.165, 1.54) is 30.7 Å². The number of likely N-dealkylation sites (N-methyl/N-ethyl adjacent to an activating group) is 2. The van der Waals surface area contributed by atoms with Crippen LogP contribution in [0.15, 0.2) is 0 Å². The van der Waals surface area contributed by atoms with Gasteiger partial charge in [0.1, 0.15) is 0 Å². The Labute approximate surface area is 85.1 Å². The van der Waals surface area contributed by atoms with Crippen molar-refractivity contribution >= 4 is 0 Å². The molecular weight excluding hydrogens is 160 g/mol. The predicted molar refractivity (Wildman–Crippen MR) is 62.0 cm³/mol. The molecule has 0 aromatic rings. The van der Waals surface area contributed by atoms with Crippen molar-refractivity contribution < 1.29 is 4.48 Å². The number of nitrogens with zero attached hydrogens (tertiary/aromatic N) is 2. The van der Waals surface area contributed by atoms with Gasteiger partial charge in [0.15, 0.2) is 0 Å². The van der Waals surface area contributed by atoms with Gasteiger partial charge in [-0.25, -0.2) is 0 Å². The summed E-state index contributed by atoms with van der Waals surface area (Å²) in [6, 6.07) is 0. The van der Waals surface area contributed by atoms with E-state index in [4.69, 9.17) is 0 Å². The molecule has 0 unspecified atom stereocenters. The molecular formula is C11H29N2+. The van der Waals surface area contributed by atoms with Gasteiger partial charge in [0.25, 0.3) is 0 Å². The third-order valence-electron chi connectivity index (χ3n) is 2.17. The molecule has 13 heavy (non-hydrogen) atoms. The summed E-state index contributed by atoms with van der Waals surface area (Å²) in [6.07, 6.45) is 0. The number of hydrogen-bond donors (Lipinski definition) is 0. The summed E-state index contributed by atoms with van der Waals surface area (Å²) in [7, 11) is 6.79. The van der Waals surface area contributed by atoms with Crippen LogP contribution in [-0.4, -0.2) is 56.7 Å². The number of piperazine rings is 1. The molecule has 1 aliphatic heterocycles. The quantitative estimate of drug-likeness (QED) is 0.527. The third kappa shape index (κ3) is 8.26. The largest absolute Gasteiger partial charge is 0.326 e. The maximum absolute atomic E-state index is 2.39. The van der Waals surface area contributed by atoms with Crippen LogP contribution in [0.3, 0.4) is 0 Å². The second-order valence-electron chi connectivity index (χ2n) is 3.69. The molecule has 0 spiro atoms. The van der Waals surface area contributed by atoms with Crippen molar-refractivity contribution in [1.29, 1.82) is 0 Å². The highest BCUT2D eigenvalue weighted by atomic mass is 15.4. The van der Waals surface area contributed by atoms with Crippen molar-refractivity contribution in [1.82, 2.24) is 4.90 Å². The summed E-state index contributed by atoms with van der Waals surface area (Å²) in [4.78, 5) is 2.39. The molecule has 82 valence electrons. The first-order valence-electron chi connectivity index (χ1n) is 5.61. The molecule has 1 rings (SSSR count). The third-order valence-corrected chi connectivity index (χ3v) is 2.17. The lowest BCUT2D eigenvalue weighted by Gasteiger charge is -2.37. The highest BCUT2D eigenvalue weighted by molar-refractivity contribution is 4.55. The molecule has 0 saturated carbocycles. The van der Waals surface area contributed by atoms with Gasteiger partial charge in [-0.1, -0.05) is 27.7 Å². The smallest absolute Gasteiger partial charge is 0.0912 e. The van der Waals surface area contributed by atoms with Crippen molar-refractivity contribution in [2.75, 3.05) is 47.3 Å². The van der Waals surface area contributed by atoms with Crippen molar-refractivity contribution in [2.45, 2.75) is 27.7 Å². The Morgan fingerprint density at radius 2 is 1.15 bits per heavy atom. The molecule has 0 aromatic carbocycles. The molecule has 1 fully saturated rings. The van der Waals surface area contributed by atoms with Crippen LogP contribution in [0, 0.1) is 0 Å². The molecule has 1 aliphatic rings. The molecule has 1 heterocycles. The lowest BCUT2D eigenvalue weighted by Crippen LogP contribution is -2.53. The van der Waals surface area contributed by atoms with Crippen LogP contribution in [0.4, 0.5) is 0 Å². The molecule has 0 atom stereocenters. The van der Waals surface area contributed by atoms with Crippen molar-refractivity contribution in [2.24, 2.45) is 0 Å². The Balaban J connectivity index is 0. The predicted octanol–water partition coefficient (Wildman–Crippen LogP) is 2.06. The lowest BCUT2D eigenvalue weighted by atomic mass is 10.3. The monoisotopic (exact) mass is 189 g/mol. The first kappa shape index (κ1) is 15.4. The van der Waals surface area contributed by atoms with E-state index in [-0.39, 0.29) is 0 Å². The van der Waals surface area contributed by atoms with Gasteiger partial charge in [0.2, 0.25) is 0 Å². The fraction of sp³-hybridized carbons (Fsp3) is 1.00. The average molecular weight is 189 g/mol. The molecule has 0 N–H and O–H groups in total. The zero-order valence-electron chi connectivity index (χ0n) is 10.7. The number of hydrogen-bond acceptors (Lipinski definition) is 1. The highest BCUT2D eigenvalue weighted by Gasteiger charge is 2.21. The first-order chi connectivity index (χ1) is 6.10. The Kier molecular flexibility index (Phi) is 10.1. The highest BCUT2D eigenvalue weighted by Crippen LogP contribution is 2.03. The Bertz CT molecular complexity index is 90.3. The van der Waals surface area contributed by atoms with Gasteiger partial charge in [-0.2, -0.15) is 0 Å². The van der Waals surface area contributed by atoms with Crippen LogP contribution in [-0.2, 0) is 0 Å². The molecule has 0 aliphatic carbocycles. The minimum Gasteiger partial charge on any atom is -0.326 e. The molecule has 0 bridgehead atoms. The van der Waals surface area contributed by atoms with E-state index in [2.05, 4.69) is 26.0 Å². The maximum Gasteiger partial charge on any atom is 0.0912 e. The Morgan fingerprint density at radius 1 is 0.846 bits per heavy atom. The minimum absolute atomic E-state index is 1.20. The summed E-state index contributed by atoms with van der Waals surface area (Å²) in [5.74, 6) is 0. The van der Waals surface area contributed by atoms with Gasteiger partial charge in [0.05, 0.1) is 27.2 Å². The van der Waals surface area contributed by atoms with Gasteiger partial charge in [0, 0.05) is 13.1 Å². The fourth-order valence-electron chi connectivity index (χ4n) is 1.11. The van der Waals surface area contributed by atoms with Crippen LogP contribution in [0.2, 0.25) is 0 Å². The van der Waals surface area contributed by atoms with E-state index < -0.39 is 0 Å². The zero-order valence-corrected chi connectivity index (χ0v) is 10.7. The Hall–Kier alpha value is -0.0800. The van der Waals surface area contributed by atoms with E-state index in [1.54, 1.807) is 0 Å². The second-order valence-corrected chi connectivity index (χ2v) is 3.69. The number of rotatable bonds is 0. The fourth-order valence-corrected chi connectivity index (χ4v) is 1.11. The van der Waals surface area contributed by atoms with Gasteiger partial charge >= 0.3 is 0 Å². The van der Waals surface area contributed by atoms with Crippen molar-refractivity contribution in [3.05, 3.63) is 0 Å². The van der Waals surface area contributed by atoms with E-state index >= 15 is 0 Å². The molecule has 0 radical (unpaired) electrons. The van der Waals surface area contributed by atoms with Crippen LogP contribution in [0.5, 0.6) is 0 Å². The van der Waals surface area contributed by atoms with Crippen LogP contribution in [0.1, 0.15) is 27.7 Å². The minimum atomic E-state index is 1.20. The molecule has 1 saturated heterocycles. The van der Waals surface area contributed by atoms with Crippen LogP contribution >= 0.6 is 0 Å². The van der Waals surface area contributed by atoms with Gasteiger partial charge in [-0.3, -0.25) is 4.90 Å². The molecule has 0 aromatic heterocycles. The maximum atomic E-state index is 2.39. The Morgan fingerprint density at radius 3 is 1.38 bits per heavy atom.